The number of hydrogen-bond donors (Lipinski definition) is 3. The van der Waals surface area contributed by atoms with Crippen molar-refractivity contribution in [2.24, 2.45) is 11.1 Å². The average Bonchev–Trinajstić information content (AvgIpc) is 3.56. The fraction of sp³-hybridized carbons (Fsp3) is 0.444. The van der Waals surface area contributed by atoms with Crippen LogP contribution >= 0.6 is 11.3 Å². The number of aromatic amines is 1. The van der Waals surface area contributed by atoms with E-state index in [1.165, 1.54) is 5.56 Å². The molecule has 1 aliphatic carbocycles. The van der Waals surface area contributed by atoms with E-state index in [1.54, 1.807) is 11.3 Å². The van der Waals surface area contributed by atoms with E-state index < -0.39 is 0 Å². The second-order valence-electron chi connectivity index (χ2n) is 10.3. The number of aromatic nitrogens is 6. The lowest BCUT2D eigenvalue weighted by atomic mass is 9.73. The molecule has 4 N–H and O–H groups in total. The summed E-state index contributed by atoms with van der Waals surface area (Å²) in [6.45, 7) is 7.60. The van der Waals surface area contributed by atoms with Crippen LogP contribution in [0.4, 0.5) is 5.82 Å². The molecular formula is C27H30N8OS. The van der Waals surface area contributed by atoms with Crippen molar-refractivity contribution in [3.8, 4) is 11.8 Å². The number of anilines is 1. The van der Waals surface area contributed by atoms with Gasteiger partial charge in [0.1, 0.15) is 16.1 Å². The molecule has 4 aromatic heterocycles. The highest BCUT2D eigenvalue weighted by molar-refractivity contribution is 7.12. The van der Waals surface area contributed by atoms with Gasteiger partial charge in [-0.3, -0.25) is 10.1 Å². The minimum absolute atomic E-state index is 0.00299. The number of aliphatic hydroxyl groups is 1. The molecule has 1 aliphatic heterocycles. The fourth-order valence-corrected chi connectivity index (χ4v) is 6.44. The highest BCUT2D eigenvalue weighted by Crippen LogP contribution is 2.50. The number of fused-ring (bicyclic) bond motifs is 2. The van der Waals surface area contributed by atoms with Gasteiger partial charge in [0.2, 0.25) is 0 Å². The Balaban J connectivity index is 1.25. The van der Waals surface area contributed by atoms with Gasteiger partial charge in [-0.05, 0) is 55.1 Å². The maximum atomic E-state index is 10.2. The van der Waals surface area contributed by atoms with Crippen LogP contribution in [-0.4, -0.2) is 48.3 Å². The minimum atomic E-state index is -0.210. The third-order valence-corrected chi connectivity index (χ3v) is 9.07. The van der Waals surface area contributed by atoms with Gasteiger partial charge in [0.25, 0.3) is 0 Å². The van der Waals surface area contributed by atoms with E-state index in [4.69, 9.17) is 15.7 Å². The minimum Gasteiger partial charge on any atom is -0.390 e. The first-order valence-electron chi connectivity index (χ1n) is 12.7. The highest BCUT2D eigenvalue weighted by Gasteiger charge is 2.46. The summed E-state index contributed by atoms with van der Waals surface area (Å²) in [6, 6.07) is 4.07. The number of H-pyrrole nitrogens is 1. The first-order chi connectivity index (χ1) is 17.9. The van der Waals surface area contributed by atoms with Crippen molar-refractivity contribution in [3.05, 3.63) is 56.6 Å². The van der Waals surface area contributed by atoms with Crippen molar-refractivity contribution in [2.45, 2.75) is 58.6 Å². The molecule has 0 unspecified atom stereocenters. The Morgan fingerprint density at radius 3 is 2.76 bits per heavy atom. The Morgan fingerprint density at radius 2 is 2.05 bits per heavy atom. The molecule has 6 rings (SSSR count). The molecule has 0 aromatic carbocycles. The first-order valence-corrected chi connectivity index (χ1v) is 13.5. The van der Waals surface area contributed by atoms with Crippen molar-refractivity contribution in [3.63, 3.8) is 0 Å². The molecule has 2 aliphatic rings. The molecular weight excluding hydrogens is 484 g/mol. The Hall–Kier alpha value is -3.39. The molecule has 1 atom stereocenters. The van der Waals surface area contributed by atoms with Crippen molar-refractivity contribution in [1.82, 2.24) is 30.1 Å². The smallest absolute Gasteiger partial charge is 0.177 e. The summed E-state index contributed by atoms with van der Waals surface area (Å²) in [5.74, 6) is 7.39. The zero-order valence-electron chi connectivity index (χ0n) is 21.2. The maximum absolute atomic E-state index is 10.2. The van der Waals surface area contributed by atoms with Crippen LogP contribution in [0.3, 0.4) is 0 Å². The quantitative estimate of drug-likeness (QED) is 0.355. The van der Waals surface area contributed by atoms with Crippen molar-refractivity contribution in [2.75, 3.05) is 18.0 Å². The van der Waals surface area contributed by atoms with E-state index >= 15 is 0 Å². The molecule has 1 saturated heterocycles. The Bertz CT molecular complexity index is 1540. The van der Waals surface area contributed by atoms with Crippen LogP contribution in [0.15, 0.2) is 18.3 Å². The molecule has 10 heteroatoms. The number of thiazole rings is 1. The third kappa shape index (κ3) is 4.07. The van der Waals surface area contributed by atoms with Gasteiger partial charge in [0, 0.05) is 36.9 Å². The predicted octanol–water partition coefficient (Wildman–Crippen LogP) is 3.37. The van der Waals surface area contributed by atoms with Gasteiger partial charge in [0.15, 0.2) is 17.2 Å². The molecule has 0 bridgehead atoms. The molecule has 0 radical (unpaired) electrons. The number of piperidine rings is 1. The molecule has 1 spiro atoms. The normalized spacial score (nSPS) is 18.4. The average molecular weight is 515 g/mol. The number of nitrogens with two attached hydrogens (primary N) is 1. The third-order valence-electron chi connectivity index (χ3n) is 7.69. The summed E-state index contributed by atoms with van der Waals surface area (Å²) >= 11 is 1.61. The largest absolute Gasteiger partial charge is 0.390 e. The number of hydrogen-bond acceptors (Lipinski definition) is 9. The monoisotopic (exact) mass is 514 g/mol. The van der Waals surface area contributed by atoms with Gasteiger partial charge in [0.05, 0.1) is 17.3 Å². The predicted molar refractivity (Wildman–Crippen MR) is 143 cm³/mol. The number of nitrogens with one attached hydrogen (secondary N) is 1. The van der Waals surface area contributed by atoms with E-state index in [9.17, 15) is 5.11 Å². The van der Waals surface area contributed by atoms with Gasteiger partial charge >= 0.3 is 0 Å². The summed E-state index contributed by atoms with van der Waals surface area (Å²) in [7, 11) is 0. The number of aliphatic hydroxyl groups excluding tert-OH is 1. The Kier molecular flexibility index (Phi) is 5.94. The van der Waals surface area contributed by atoms with Gasteiger partial charge in [-0.25, -0.2) is 15.0 Å². The van der Waals surface area contributed by atoms with Crippen LogP contribution in [0.5, 0.6) is 0 Å². The molecule has 1 fully saturated rings. The first kappa shape index (κ1) is 24.0. The SMILES string of the molecule is Cc1nc(C(C)C)sc1C#Cc1n[nH]c2nc(N3CCC4(CC3)Cc3ncccc3[C@H]4N)c(CO)nc12. The van der Waals surface area contributed by atoms with E-state index in [0.29, 0.717) is 34.3 Å². The molecule has 5 heterocycles. The number of aryl methyl sites for hydroxylation is 1. The van der Waals surface area contributed by atoms with Crippen molar-refractivity contribution in [1.29, 1.82) is 0 Å². The summed E-state index contributed by atoms with van der Waals surface area (Å²) in [4.78, 5) is 21.9. The zero-order chi connectivity index (χ0) is 25.7. The molecule has 190 valence electrons. The lowest BCUT2D eigenvalue weighted by Crippen LogP contribution is -2.45. The number of rotatable bonds is 3. The van der Waals surface area contributed by atoms with Gasteiger partial charge in [-0.2, -0.15) is 5.10 Å². The lowest BCUT2D eigenvalue weighted by molar-refractivity contribution is 0.186. The number of nitrogens with zero attached hydrogens (tertiary/aromatic N) is 6. The van der Waals surface area contributed by atoms with Crippen LogP contribution in [0, 0.1) is 24.2 Å². The van der Waals surface area contributed by atoms with E-state index in [1.807, 2.05) is 19.2 Å². The Labute approximate surface area is 219 Å². The van der Waals surface area contributed by atoms with Crippen LogP contribution in [-0.2, 0) is 13.0 Å². The van der Waals surface area contributed by atoms with Gasteiger partial charge in [-0.15, -0.1) is 11.3 Å². The summed E-state index contributed by atoms with van der Waals surface area (Å²) in [5, 5.41) is 18.6. The van der Waals surface area contributed by atoms with Gasteiger partial charge < -0.3 is 15.7 Å². The summed E-state index contributed by atoms with van der Waals surface area (Å²) in [5.41, 5.74) is 12.1. The zero-order valence-corrected chi connectivity index (χ0v) is 22.1. The molecule has 9 nitrogen and oxygen atoms in total. The maximum Gasteiger partial charge on any atom is 0.177 e. The van der Waals surface area contributed by atoms with E-state index in [0.717, 1.165) is 53.6 Å². The molecule has 0 amide bonds. The van der Waals surface area contributed by atoms with Crippen LogP contribution in [0.2, 0.25) is 0 Å². The topological polar surface area (TPSA) is 130 Å². The standard InChI is InChI=1S/C27H30N8OS/c1-15(2)26-30-16(3)21(37-26)7-6-18-22-24(34-33-18)32-25(20(14-36)31-22)35-11-8-27(9-12-35)13-19-17(23(27)28)5-4-10-29-19/h4-5,10,15,23,36H,8-9,11-14,28H2,1-3H3,(H,32,33,34)/t23-/m1/s1. The van der Waals surface area contributed by atoms with Crippen molar-refractivity contribution >= 4 is 28.3 Å². The van der Waals surface area contributed by atoms with E-state index in [2.05, 4.69) is 56.8 Å². The van der Waals surface area contributed by atoms with Crippen LogP contribution in [0.25, 0.3) is 11.2 Å². The van der Waals surface area contributed by atoms with Crippen LogP contribution < -0.4 is 10.6 Å². The number of pyridine rings is 1. The molecule has 0 saturated carbocycles. The van der Waals surface area contributed by atoms with Gasteiger partial charge in [-0.1, -0.05) is 19.9 Å². The molecule has 37 heavy (non-hydrogen) atoms. The lowest BCUT2D eigenvalue weighted by Gasteiger charge is -2.42. The van der Waals surface area contributed by atoms with Crippen molar-refractivity contribution < 1.29 is 5.11 Å². The Morgan fingerprint density at radius 1 is 1.24 bits per heavy atom. The second-order valence-corrected chi connectivity index (χ2v) is 11.4. The molecule has 4 aromatic rings. The van der Waals surface area contributed by atoms with E-state index in [-0.39, 0.29) is 18.1 Å². The summed E-state index contributed by atoms with van der Waals surface area (Å²) < 4.78 is 0. The van der Waals surface area contributed by atoms with Crippen LogP contribution in [0.1, 0.15) is 76.9 Å². The highest BCUT2D eigenvalue weighted by atomic mass is 32.1. The fourth-order valence-electron chi connectivity index (χ4n) is 5.52. The summed E-state index contributed by atoms with van der Waals surface area (Å²) in [6.07, 6.45) is 4.63. The second kappa shape index (κ2) is 9.17.